The summed E-state index contributed by atoms with van der Waals surface area (Å²) in [6.45, 7) is 8.66. The summed E-state index contributed by atoms with van der Waals surface area (Å²) >= 11 is 9.39. The third-order valence-electron chi connectivity index (χ3n) is 4.70. The Balaban J connectivity index is 1.98. The minimum Gasteiger partial charge on any atom is -0.362 e. The van der Waals surface area contributed by atoms with E-state index in [9.17, 15) is 0 Å². The number of aromatic nitrogens is 1. The number of thiocarbonyl (C=S) groups is 1. The summed E-state index contributed by atoms with van der Waals surface area (Å²) in [5.74, 6) is 0. The van der Waals surface area contributed by atoms with Gasteiger partial charge in [0.05, 0.1) is 0 Å². The predicted molar refractivity (Wildman–Crippen MR) is 105 cm³/mol. The fraction of sp³-hybridized carbons (Fsp3) is 0.421. The molecule has 1 saturated heterocycles. The van der Waals surface area contributed by atoms with Crippen molar-refractivity contribution < 1.29 is 0 Å². The minimum absolute atomic E-state index is 1.01. The molecule has 0 atom stereocenters. The summed E-state index contributed by atoms with van der Waals surface area (Å²) in [6.07, 6.45) is 3.84. The zero-order chi connectivity index (χ0) is 16.6. The van der Waals surface area contributed by atoms with Crippen LogP contribution < -0.4 is 0 Å². The lowest BCUT2D eigenvalue weighted by Crippen LogP contribution is -2.35. The molecule has 23 heavy (non-hydrogen) atoms. The molecule has 1 aromatic carbocycles. The second-order valence-electron chi connectivity index (χ2n) is 6.41. The molecule has 2 aromatic rings. The van der Waals surface area contributed by atoms with Gasteiger partial charge in [-0.25, -0.2) is 0 Å². The second kappa shape index (κ2) is 6.78. The predicted octanol–water partition coefficient (Wildman–Crippen LogP) is 5.33. The third-order valence-corrected chi connectivity index (χ3v) is 6.07. The zero-order valence-electron chi connectivity index (χ0n) is 14.0. The molecular weight excluding hydrogens is 368 g/mol. The van der Waals surface area contributed by atoms with Crippen molar-refractivity contribution in [1.29, 1.82) is 0 Å². The van der Waals surface area contributed by atoms with Crippen LogP contribution >= 0.6 is 28.1 Å². The van der Waals surface area contributed by atoms with Crippen LogP contribution in [0.5, 0.6) is 0 Å². The van der Waals surface area contributed by atoms with Crippen molar-refractivity contribution in [3.05, 3.63) is 51.3 Å². The van der Waals surface area contributed by atoms with Crippen molar-refractivity contribution in [3.63, 3.8) is 0 Å². The summed E-state index contributed by atoms with van der Waals surface area (Å²) in [5, 5.41) is 0. The van der Waals surface area contributed by atoms with E-state index in [0.717, 1.165) is 22.6 Å². The Morgan fingerprint density at radius 2 is 1.74 bits per heavy atom. The standard InChI is InChI=1S/C19H23BrN2S/c1-13-11-16(7-8-18(13)20)22-14(2)12-17(15(22)3)19(23)21-9-5-4-6-10-21/h7-8,11-12H,4-6,9-10H2,1-3H3. The Labute approximate surface area is 152 Å². The second-order valence-corrected chi connectivity index (χ2v) is 7.65. The van der Waals surface area contributed by atoms with E-state index in [2.05, 4.69) is 70.4 Å². The van der Waals surface area contributed by atoms with Crippen LogP contribution in [0.4, 0.5) is 0 Å². The molecule has 0 N–H and O–H groups in total. The van der Waals surface area contributed by atoms with Gasteiger partial charge in [-0.2, -0.15) is 0 Å². The maximum atomic E-state index is 5.80. The summed E-state index contributed by atoms with van der Waals surface area (Å²) in [4.78, 5) is 3.38. The van der Waals surface area contributed by atoms with Crippen molar-refractivity contribution in [1.82, 2.24) is 9.47 Å². The molecule has 2 heterocycles. The van der Waals surface area contributed by atoms with Gasteiger partial charge < -0.3 is 9.47 Å². The van der Waals surface area contributed by atoms with Gasteiger partial charge in [-0.1, -0.05) is 28.1 Å². The fourth-order valence-corrected chi connectivity index (χ4v) is 4.05. The van der Waals surface area contributed by atoms with Crippen molar-refractivity contribution in [2.75, 3.05) is 13.1 Å². The molecule has 0 amide bonds. The number of hydrogen-bond donors (Lipinski definition) is 0. The number of likely N-dealkylation sites (tertiary alicyclic amines) is 1. The van der Waals surface area contributed by atoms with Gasteiger partial charge in [-0.15, -0.1) is 0 Å². The highest BCUT2D eigenvalue weighted by atomic mass is 79.9. The molecule has 4 heteroatoms. The molecule has 2 nitrogen and oxygen atoms in total. The molecule has 122 valence electrons. The molecular formula is C19H23BrN2S. The van der Waals surface area contributed by atoms with E-state index < -0.39 is 0 Å². The van der Waals surface area contributed by atoms with Crippen LogP contribution in [0.1, 0.15) is 41.8 Å². The van der Waals surface area contributed by atoms with E-state index in [1.54, 1.807) is 0 Å². The lowest BCUT2D eigenvalue weighted by atomic mass is 10.1. The molecule has 0 spiro atoms. The Kier molecular flexibility index (Phi) is 4.93. The van der Waals surface area contributed by atoms with Gasteiger partial charge in [0.15, 0.2) is 0 Å². The molecule has 0 saturated carbocycles. The van der Waals surface area contributed by atoms with Crippen LogP contribution in [-0.4, -0.2) is 27.5 Å². The molecule has 0 aliphatic carbocycles. The number of benzene rings is 1. The lowest BCUT2D eigenvalue weighted by molar-refractivity contribution is 0.347. The SMILES string of the molecule is Cc1cc(-n2c(C)cc(C(=S)N3CCCCC3)c2C)ccc1Br. The van der Waals surface area contributed by atoms with Crippen LogP contribution in [0.25, 0.3) is 5.69 Å². The van der Waals surface area contributed by atoms with E-state index >= 15 is 0 Å². The maximum absolute atomic E-state index is 5.80. The van der Waals surface area contributed by atoms with Crippen molar-refractivity contribution in [2.45, 2.75) is 40.0 Å². The molecule has 0 radical (unpaired) electrons. The quantitative estimate of drug-likeness (QED) is 0.640. The Morgan fingerprint density at radius 1 is 1.04 bits per heavy atom. The highest BCUT2D eigenvalue weighted by Crippen LogP contribution is 2.26. The average Bonchev–Trinajstić information content (AvgIpc) is 2.85. The summed E-state index contributed by atoms with van der Waals surface area (Å²) in [5.41, 5.74) is 6.13. The fourth-order valence-electron chi connectivity index (χ4n) is 3.41. The van der Waals surface area contributed by atoms with Crippen molar-refractivity contribution >= 4 is 33.1 Å². The van der Waals surface area contributed by atoms with Crippen LogP contribution in [-0.2, 0) is 0 Å². The van der Waals surface area contributed by atoms with Gasteiger partial charge >= 0.3 is 0 Å². The number of piperidine rings is 1. The molecule has 1 aromatic heterocycles. The maximum Gasteiger partial charge on any atom is 0.111 e. The number of hydrogen-bond acceptors (Lipinski definition) is 1. The first-order valence-corrected chi connectivity index (χ1v) is 9.44. The Bertz CT molecular complexity index is 742. The number of aryl methyl sites for hydroxylation is 2. The molecule has 0 unspecified atom stereocenters. The summed E-state index contributed by atoms with van der Waals surface area (Å²) in [6, 6.07) is 8.73. The van der Waals surface area contributed by atoms with E-state index in [4.69, 9.17) is 12.2 Å². The van der Waals surface area contributed by atoms with Gasteiger partial charge in [-0.05, 0) is 69.9 Å². The van der Waals surface area contributed by atoms with E-state index in [1.165, 1.54) is 47.5 Å². The molecule has 1 aliphatic rings. The normalized spacial score (nSPS) is 15.0. The van der Waals surface area contributed by atoms with Gasteiger partial charge in [0.1, 0.15) is 4.99 Å². The summed E-state index contributed by atoms with van der Waals surface area (Å²) in [7, 11) is 0. The number of rotatable bonds is 2. The monoisotopic (exact) mass is 390 g/mol. The molecule has 0 bridgehead atoms. The lowest BCUT2D eigenvalue weighted by Gasteiger charge is -2.29. The minimum atomic E-state index is 1.01. The largest absolute Gasteiger partial charge is 0.362 e. The Hall–Kier alpha value is -1.13. The number of nitrogens with zero attached hydrogens (tertiary/aromatic N) is 2. The zero-order valence-corrected chi connectivity index (χ0v) is 16.4. The molecule has 1 fully saturated rings. The van der Waals surface area contributed by atoms with Gasteiger partial charge in [-0.3, -0.25) is 0 Å². The van der Waals surface area contributed by atoms with E-state index in [1.807, 2.05) is 0 Å². The van der Waals surface area contributed by atoms with Crippen LogP contribution in [0, 0.1) is 20.8 Å². The smallest absolute Gasteiger partial charge is 0.111 e. The van der Waals surface area contributed by atoms with Crippen LogP contribution in [0.2, 0.25) is 0 Å². The van der Waals surface area contributed by atoms with Gasteiger partial charge in [0.2, 0.25) is 0 Å². The Morgan fingerprint density at radius 3 is 2.39 bits per heavy atom. The first-order valence-electron chi connectivity index (χ1n) is 8.24. The van der Waals surface area contributed by atoms with Crippen LogP contribution in [0.15, 0.2) is 28.7 Å². The third kappa shape index (κ3) is 3.24. The summed E-state index contributed by atoms with van der Waals surface area (Å²) < 4.78 is 3.46. The van der Waals surface area contributed by atoms with Gasteiger partial charge in [0.25, 0.3) is 0 Å². The first-order chi connectivity index (χ1) is 11.0. The average molecular weight is 391 g/mol. The number of halogens is 1. The van der Waals surface area contributed by atoms with E-state index in [0.29, 0.717) is 0 Å². The highest BCUT2D eigenvalue weighted by molar-refractivity contribution is 9.10. The first kappa shape index (κ1) is 16.7. The van der Waals surface area contributed by atoms with Crippen LogP contribution in [0.3, 0.4) is 0 Å². The topological polar surface area (TPSA) is 8.17 Å². The van der Waals surface area contributed by atoms with E-state index in [-0.39, 0.29) is 0 Å². The highest BCUT2D eigenvalue weighted by Gasteiger charge is 2.20. The molecule has 1 aliphatic heterocycles. The van der Waals surface area contributed by atoms with Crippen molar-refractivity contribution in [3.8, 4) is 5.69 Å². The van der Waals surface area contributed by atoms with Gasteiger partial charge in [0, 0.05) is 40.2 Å². The molecule has 3 rings (SSSR count). The van der Waals surface area contributed by atoms with Crippen molar-refractivity contribution in [2.24, 2.45) is 0 Å².